The molecular formula is C19H23N5O5S. The van der Waals surface area contributed by atoms with Gasteiger partial charge in [-0.2, -0.15) is 0 Å². The maximum absolute atomic E-state index is 12.8. The van der Waals surface area contributed by atoms with Crippen molar-refractivity contribution in [3.63, 3.8) is 0 Å². The van der Waals surface area contributed by atoms with Gasteiger partial charge >= 0.3 is 5.69 Å². The van der Waals surface area contributed by atoms with Gasteiger partial charge in [0.15, 0.2) is 16.3 Å². The second kappa shape index (κ2) is 8.76. The third kappa shape index (κ3) is 4.26. The van der Waals surface area contributed by atoms with E-state index in [0.29, 0.717) is 10.9 Å². The number of benzene rings is 1. The van der Waals surface area contributed by atoms with Crippen LogP contribution in [0, 0.1) is 6.92 Å². The van der Waals surface area contributed by atoms with Crippen molar-refractivity contribution >= 4 is 28.8 Å². The number of primary amides is 1. The molecule has 1 amide bonds. The van der Waals surface area contributed by atoms with Crippen molar-refractivity contribution < 1.29 is 14.6 Å². The number of nitrogens with zero attached hydrogens (tertiary/aromatic N) is 4. The topological polar surface area (TPSA) is 134 Å². The summed E-state index contributed by atoms with van der Waals surface area (Å²) in [6, 6.07) is 7.42. The van der Waals surface area contributed by atoms with Crippen LogP contribution in [0.1, 0.15) is 5.56 Å². The third-order valence-electron chi connectivity index (χ3n) is 4.57. The van der Waals surface area contributed by atoms with Crippen LogP contribution in [0.15, 0.2) is 39.0 Å². The lowest BCUT2D eigenvalue weighted by molar-refractivity contribution is -0.115. The fourth-order valence-corrected chi connectivity index (χ4v) is 3.75. The molecule has 2 heterocycles. The molecule has 30 heavy (non-hydrogen) atoms. The first-order chi connectivity index (χ1) is 14.2. The van der Waals surface area contributed by atoms with Crippen molar-refractivity contribution in [2.45, 2.75) is 24.7 Å². The molecule has 3 rings (SSSR count). The van der Waals surface area contributed by atoms with Gasteiger partial charge in [0.1, 0.15) is 18.5 Å². The maximum atomic E-state index is 12.8. The lowest BCUT2D eigenvalue weighted by Gasteiger charge is -2.16. The minimum Gasteiger partial charge on any atom is -0.491 e. The van der Waals surface area contributed by atoms with Gasteiger partial charge in [-0.15, -0.1) is 0 Å². The molecule has 11 heteroatoms. The van der Waals surface area contributed by atoms with E-state index in [-0.39, 0.29) is 30.1 Å². The van der Waals surface area contributed by atoms with Gasteiger partial charge in [-0.05, 0) is 18.6 Å². The molecule has 2 aromatic heterocycles. The maximum Gasteiger partial charge on any atom is 0.332 e. The first kappa shape index (κ1) is 21.7. The number of aryl methyl sites for hydroxylation is 2. The Hall–Kier alpha value is -3.05. The molecule has 3 aromatic rings. The number of thioether (sulfide) groups is 1. The quantitative estimate of drug-likeness (QED) is 0.468. The number of aliphatic hydroxyl groups is 1. The molecule has 0 radical (unpaired) electrons. The van der Waals surface area contributed by atoms with Crippen molar-refractivity contribution in [1.82, 2.24) is 18.7 Å². The number of carbonyl (C=O) groups is 1. The Morgan fingerprint density at radius 3 is 2.63 bits per heavy atom. The van der Waals surface area contributed by atoms with E-state index in [1.165, 1.54) is 23.2 Å². The van der Waals surface area contributed by atoms with E-state index in [1.807, 2.05) is 25.1 Å². The highest BCUT2D eigenvalue weighted by atomic mass is 32.2. The normalized spacial score (nSPS) is 12.3. The van der Waals surface area contributed by atoms with Gasteiger partial charge in [0.25, 0.3) is 5.56 Å². The van der Waals surface area contributed by atoms with Crippen molar-refractivity contribution in [3.05, 3.63) is 50.7 Å². The largest absolute Gasteiger partial charge is 0.491 e. The number of ether oxygens (including phenoxy) is 1. The zero-order chi connectivity index (χ0) is 22.0. The van der Waals surface area contributed by atoms with Gasteiger partial charge in [0.05, 0.1) is 12.3 Å². The molecule has 0 aliphatic carbocycles. The van der Waals surface area contributed by atoms with Crippen LogP contribution in [0.25, 0.3) is 11.2 Å². The van der Waals surface area contributed by atoms with Gasteiger partial charge in [-0.1, -0.05) is 30.0 Å². The molecule has 0 fully saturated rings. The summed E-state index contributed by atoms with van der Waals surface area (Å²) in [6.45, 7) is 1.86. The first-order valence-corrected chi connectivity index (χ1v) is 10.1. The van der Waals surface area contributed by atoms with E-state index < -0.39 is 23.3 Å². The summed E-state index contributed by atoms with van der Waals surface area (Å²) in [5.41, 5.74) is 5.42. The number of hydrogen-bond acceptors (Lipinski definition) is 7. The Morgan fingerprint density at radius 1 is 1.27 bits per heavy atom. The Bertz CT molecular complexity index is 1210. The van der Waals surface area contributed by atoms with Gasteiger partial charge in [0.2, 0.25) is 5.91 Å². The molecule has 0 saturated heterocycles. The van der Waals surface area contributed by atoms with Crippen LogP contribution in [0.4, 0.5) is 0 Å². The molecular weight excluding hydrogens is 410 g/mol. The molecule has 1 aromatic carbocycles. The highest BCUT2D eigenvalue weighted by molar-refractivity contribution is 7.99. The number of fused-ring (bicyclic) bond motifs is 1. The molecule has 10 nitrogen and oxygen atoms in total. The number of hydrogen-bond donors (Lipinski definition) is 2. The zero-order valence-electron chi connectivity index (χ0n) is 16.9. The third-order valence-corrected chi connectivity index (χ3v) is 5.57. The fraction of sp³-hybridized carbons (Fsp3) is 0.368. The molecule has 0 saturated carbocycles. The minimum absolute atomic E-state index is 0.0169. The standard InChI is InChI=1S/C19H23N5O5S/c1-11-6-4-5-7-13(11)29-9-12(25)8-24-15-16(21-18(24)30-10-14(20)26)22(2)19(28)23(3)17(15)27/h4-7,12,25H,8-10H2,1-3H3,(H2,20,26)/t12-/m1/s1. The molecule has 3 N–H and O–H groups in total. The smallest absolute Gasteiger partial charge is 0.332 e. The number of aliphatic hydroxyl groups excluding tert-OH is 1. The predicted molar refractivity (Wildman–Crippen MR) is 113 cm³/mol. The van der Waals surface area contributed by atoms with Crippen LogP contribution in [0.5, 0.6) is 5.75 Å². The summed E-state index contributed by atoms with van der Waals surface area (Å²) in [4.78, 5) is 40.6. The molecule has 160 valence electrons. The van der Waals surface area contributed by atoms with Crippen LogP contribution < -0.4 is 21.7 Å². The fourth-order valence-electron chi connectivity index (χ4n) is 3.01. The number of carbonyl (C=O) groups excluding carboxylic acids is 1. The van der Waals surface area contributed by atoms with Crippen LogP contribution in [0.2, 0.25) is 0 Å². The van der Waals surface area contributed by atoms with E-state index in [1.54, 1.807) is 6.07 Å². The van der Waals surface area contributed by atoms with E-state index in [4.69, 9.17) is 10.5 Å². The highest BCUT2D eigenvalue weighted by Crippen LogP contribution is 2.22. The summed E-state index contributed by atoms with van der Waals surface area (Å²) in [6.07, 6.45) is -0.975. The summed E-state index contributed by atoms with van der Waals surface area (Å²) >= 11 is 1.03. The lowest BCUT2D eigenvalue weighted by Crippen LogP contribution is -2.38. The Labute approximate surface area is 175 Å². The molecule has 0 unspecified atom stereocenters. The molecule has 0 spiro atoms. The minimum atomic E-state index is -0.975. The average molecular weight is 433 g/mol. The van der Waals surface area contributed by atoms with E-state index >= 15 is 0 Å². The summed E-state index contributed by atoms with van der Waals surface area (Å²) in [7, 11) is 2.87. The number of nitrogens with two attached hydrogens (primary N) is 1. The van der Waals surface area contributed by atoms with E-state index in [9.17, 15) is 19.5 Å². The van der Waals surface area contributed by atoms with Gasteiger partial charge in [-0.3, -0.25) is 18.7 Å². The van der Waals surface area contributed by atoms with Crippen LogP contribution in [0.3, 0.4) is 0 Å². The van der Waals surface area contributed by atoms with Gasteiger partial charge < -0.3 is 20.1 Å². The van der Waals surface area contributed by atoms with Crippen molar-refractivity contribution in [2.24, 2.45) is 19.8 Å². The number of amides is 1. The molecule has 0 aliphatic rings. The molecule has 0 aliphatic heterocycles. The van der Waals surface area contributed by atoms with Gasteiger partial charge in [0, 0.05) is 14.1 Å². The van der Waals surface area contributed by atoms with E-state index in [0.717, 1.165) is 21.9 Å². The SMILES string of the molecule is Cc1ccccc1OC[C@H](O)Cn1c(SCC(N)=O)nc2c1c(=O)n(C)c(=O)n2C. The summed E-state index contributed by atoms with van der Waals surface area (Å²) < 4.78 is 9.41. The summed E-state index contributed by atoms with van der Waals surface area (Å²) in [5.74, 6) is 0.0328. The van der Waals surface area contributed by atoms with Crippen LogP contribution in [-0.2, 0) is 25.4 Å². The highest BCUT2D eigenvalue weighted by Gasteiger charge is 2.22. The molecule has 1 atom stereocenters. The average Bonchev–Trinajstić information content (AvgIpc) is 3.06. The Morgan fingerprint density at radius 2 is 1.97 bits per heavy atom. The van der Waals surface area contributed by atoms with Crippen LogP contribution >= 0.6 is 11.8 Å². The van der Waals surface area contributed by atoms with Gasteiger partial charge in [-0.25, -0.2) is 9.78 Å². The molecule has 0 bridgehead atoms. The second-order valence-electron chi connectivity index (χ2n) is 6.87. The number of aromatic nitrogens is 4. The lowest BCUT2D eigenvalue weighted by atomic mass is 10.2. The van der Waals surface area contributed by atoms with Crippen molar-refractivity contribution in [2.75, 3.05) is 12.4 Å². The predicted octanol–water partition coefficient (Wildman–Crippen LogP) is -0.241. The number of rotatable bonds is 8. The number of imidazole rings is 1. The second-order valence-corrected chi connectivity index (χ2v) is 7.81. The first-order valence-electron chi connectivity index (χ1n) is 9.14. The summed E-state index contributed by atoms with van der Waals surface area (Å²) in [5, 5.41) is 10.9. The Kier molecular flexibility index (Phi) is 6.32. The van der Waals surface area contributed by atoms with E-state index in [2.05, 4.69) is 4.98 Å². The number of para-hydroxylation sites is 1. The van der Waals surface area contributed by atoms with Crippen molar-refractivity contribution in [1.29, 1.82) is 0 Å². The van der Waals surface area contributed by atoms with Crippen LogP contribution in [-0.4, -0.2) is 48.2 Å². The zero-order valence-corrected chi connectivity index (χ0v) is 17.7. The van der Waals surface area contributed by atoms with Crippen molar-refractivity contribution in [3.8, 4) is 5.75 Å². The Balaban J connectivity index is 1.96. The monoisotopic (exact) mass is 433 g/mol.